The monoisotopic (exact) mass is 544 g/mol. The predicted octanol–water partition coefficient (Wildman–Crippen LogP) is 5.74. The Morgan fingerprint density at radius 3 is 2.45 bits per heavy atom. The number of ether oxygens (including phenoxy) is 1. The number of nitrogens with one attached hydrogen (secondary N) is 1. The van der Waals surface area contributed by atoms with E-state index in [-0.39, 0.29) is 18.4 Å². The molecule has 0 unspecified atom stereocenters. The number of hydrogen-bond donors (Lipinski definition) is 1. The SMILES string of the molecule is C/C(=N/NC(=O)c1ccc(CSc2nc3ccccc3s2)cc1)c1ccc(OCC(=O)N2CCCC2)cc1. The number of rotatable bonds is 9. The fraction of sp³-hybridized carbons (Fsp3) is 0.241. The minimum Gasteiger partial charge on any atom is -0.484 e. The Hall–Kier alpha value is -3.69. The summed E-state index contributed by atoms with van der Waals surface area (Å²) in [5.74, 6) is 1.16. The van der Waals surface area contributed by atoms with Crippen molar-refractivity contribution in [3.63, 3.8) is 0 Å². The van der Waals surface area contributed by atoms with Gasteiger partial charge in [-0.05, 0) is 79.4 Å². The fourth-order valence-electron chi connectivity index (χ4n) is 4.07. The third-order valence-electron chi connectivity index (χ3n) is 6.27. The van der Waals surface area contributed by atoms with Crippen LogP contribution in [-0.2, 0) is 10.5 Å². The number of nitrogens with zero attached hydrogens (tertiary/aromatic N) is 3. The van der Waals surface area contributed by atoms with E-state index in [4.69, 9.17) is 4.74 Å². The van der Waals surface area contributed by atoms with Gasteiger partial charge in [-0.3, -0.25) is 9.59 Å². The van der Waals surface area contributed by atoms with Crippen LogP contribution in [0.25, 0.3) is 10.2 Å². The first-order chi connectivity index (χ1) is 18.5. The maximum Gasteiger partial charge on any atom is 0.271 e. The molecule has 1 aliphatic rings. The maximum absolute atomic E-state index is 12.6. The lowest BCUT2D eigenvalue weighted by Gasteiger charge is -2.15. The topological polar surface area (TPSA) is 83.9 Å². The zero-order chi connectivity index (χ0) is 26.3. The van der Waals surface area contributed by atoms with E-state index in [1.54, 1.807) is 35.2 Å². The molecular weight excluding hydrogens is 516 g/mol. The molecule has 1 saturated heterocycles. The highest BCUT2D eigenvalue weighted by atomic mass is 32.2. The van der Waals surface area contributed by atoms with E-state index < -0.39 is 0 Å². The second-order valence-electron chi connectivity index (χ2n) is 8.97. The molecule has 7 nitrogen and oxygen atoms in total. The van der Waals surface area contributed by atoms with Gasteiger partial charge in [-0.2, -0.15) is 5.10 Å². The van der Waals surface area contributed by atoms with Crippen LogP contribution in [0.2, 0.25) is 0 Å². The van der Waals surface area contributed by atoms with E-state index >= 15 is 0 Å². The van der Waals surface area contributed by atoms with Crippen molar-refractivity contribution < 1.29 is 14.3 Å². The van der Waals surface area contributed by atoms with E-state index in [1.807, 2.05) is 66.4 Å². The number of para-hydroxylation sites is 1. The van der Waals surface area contributed by atoms with E-state index in [2.05, 4.69) is 21.6 Å². The fourth-order valence-corrected chi connectivity index (χ4v) is 6.09. The van der Waals surface area contributed by atoms with Gasteiger partial charge in [0.1, 0.15) is 5.75 Å². The molecule has 0 radical (unpaired) electrons. The number of carbonyl (C=O) groups is 2. The van der Waals surface area contributed by atoms with Crippen molar-refractivity contribution in [2.24, 2.45) is 5.10 Å². The lowest BCUT2D eigenvalue weighted by atomic mass is 10.1. The Balaban J connectivity index is 1.10. The molecule has 2 amide bonds. The van der Waals surface area contributed by atoms with E-state index in [9.17, 15) is 9.59 Å². The summed E-state index contributed by atoms with van der Waals surface area (Å²) in [5, 5.41) is 4.25. The summed E-state index contributed by atoms with van der Waals surface area (Å²) >= 11 is 3.39. The highest BCUT2D eigenvalue weighted by Gasteiger charge is 2.18. The van der Waals surface area contributed by atoms with Crippen molar-refractivity contribution in [1.82, 2.24) is 15.3 Å². The molecule has 3 aromatic carbocycles. The number of thiazole rings is 1. The molecule has 1 fully saturated rings. The normalized spacial score (nSPS) is 13.6. The van der Waals surface area contributed by atoms with Gasteiger partial charge in [0.05, 0.1) is 15.9 Å². The minimum absolute atomic E-state index is 0.0204. The first-order valence-electron chi connectivity index (χ1n) is 12.5. The summed E-state index contributed by atoms with van der Waals surface area (Å²) in [4.78, 5) is 31.2. The Labute approximate surface area is 229 Å². The maximum atomic E-state index is 12.6. The zero-order valence-corrected chi connectivity index (χ0v) is 22.7. The van der Waals surface area contributed by atoms with Gasteiger partial charge in [-0.15, -0.1) is 11.3 Å². The number of hydrazone groups is 1. The molecule has 4 aromatic rings. The molecule has 38 heavy (non-hydrogen) atoms. The molecule has 0 atom stereocenters. The number of likely N-dealkylation sites (tertiary alicyclic amines) is 1. The summed E-state index contributed by atoms with van der Waals surface area (Å²) in [6, 6.07) is 23.0. The standard InChI is InChI=1S/C29H28N4O3S2/c1-20(22-12-14-24(15-13-22)36-18-27(34)33-16-4-5-17-33)31-32-28(35)23-10-8-21(9-11-23)19-37-29-30-25-6-2-3-7-26(25)38-29/h2-3,6-15H,4-5,16-19H2,1H3,(H,32,35)/b31-20-. The molecule has 1 aromatic heterocycles. The molecule has 1 aliphatic heterocycles. The van der Waals surface area contributed by atoms with Crippen molar-refractivity contribution in [2.75, 3.05) is 19.7 Å². The Bertz CT molecular complexity index is 1410. The number of hydrogen-bond acceptors (Lipinski definition) is 7. The average molecular weight is 545 g/mol. The lowest BCUT2D eigenvalue weighted by Crippen LogP contribution is -2.32. The van der Waals surface area contributed by atoms with Crippen LogP contribution in [0, 0.1) is 0 Å². The highest BCUT2D eigenvalue weighted by Crippen LogP contribution is 2.31. The molecular formula is C29H28N4O3S2. The van der Waals surface area contributed by atoms with Gasteiger partial charge in [-0.25, -0.2) is 10.4 Å². The predicted molar refractivity (Wildman–Crippen MR) is 153 cm³/mol. The quantitative estimate of drug-likeness (QED) is 0.165. The molecule has 194 valence electrons. The molecule has 0 aliphatic carbocycles. The second kappa shape index (κ2) is 12.2. The number of aromatic nitrogens is 1. The summed E-state index contributed by atoms with van der Waals surface area (Å²) in [7, 11) is 0. The third-order valence-corrected chi connectivity index (χ3v) is 8.52. The zero-order valence-electron chi connectivity index (χ0n) is 21.1. The first-order valence-corrected chi connectivity index (χ1v) is 14.3. The van der Waals surface area contributed by atoms with Crippen molar-refractivity contribution in [3.05, 3.63) is 89.5 Å². The van der Waals surface area contributed by atoms with Crippen LogP contribution >= 0.6 is 23.1 Å². The van der Waals surface area contributed by atoms with Crippen molar-refractivity contribution in [3.8, 4) is 5.75 Å². The molecule has 5 rings (SSSR count). The number of fused-ring (bicyclic) bond motifs is 1. The Morgan fingerprint density at radius 2 is 1.71 bits per heavy atom. The van der Waals surface area contributed by atoms with Crippen LogP contribution in [0.15, 0.2) is 82.2 Å². The minimum atomic E-state index is -0.268. The second-order valence-corrected chi connectivity index (χ2v) is 11.2. The molecule has 9 heteroatoms. The van der Waals surface area contributed by atoms with Crippen LogP contribution < -0.4 is 10.2 Å². The molecule has 1 N–H and O–H groups in total. The Kier molecular flexibility index (Phi) is 8.35. The van der Waals surface area contributed by atoms with Gasteiger partial charge in [0, 0.05) is 24.4 Å². The average Bonchev–Trinajstić information content (AvgIpc) is 3.64. The van der Waals surface area contributed by atoms with Crippen LogP contribution in [0.1, 0.15) is 41.3 Å². The first kappa shape index (κ1) is 25.9. The summed E-state index contributed by atoms with van der Waals surface area (Å²) in [6.45, 7) is 3.50. The molecule has 0 bridgehead atoms. The van der Waals surface area contributed by atoms with E-state index in [1.165, 1.54) is 4.70 Å². The van der Waals surface area contributed by atoms with E-state index in [0.29, 0.717) is 17.0 Å². The van der Waals surface area contributed by atoms with E-state index in [0.717, 1.165) is 52.7 Å². The smallest absolute Gasteiger partial charge is 0.271 e. The summed E-state index contributed by atoms with van der Waals surface area (Å²) < 4.78 is 7.85. The van der Waals surface area contributed by atoms with Crippen LogP contribution in [0.3, 0.4) is 0 Å². The number of benzene rings is 3. The van der Waals surface area contributed by atoms with Crippen LogP contribution in [0.5, 0.6) is 5.75 Å². The van der Waals surface area contributed by atoms with Crippen LogP contribution in [-0.4, -0.2) is 47.1 Å². The third kappa shape index (κ3) is 6.59. The lowest BCUT2D eigenvalue weighted by molar-refractivity contribution is -0.132. The van der Waals surface area contributed by atoms with Crippen molar-refractivity contribution in [2.45, 2.75) is 29.9 Å². The number of carbonyl (C=O) groups excluding carboxylic acids is 2. The molecule has 0 spiro atoms. The molecule has 0 saturated carbocycles. The van der Waals surface area contributed by atoms with Crippen LogP contribution in [0.4, 0.5) is 0 Å². The van der Waals surface area contributed by atoms with Gasteiger partial charge < -0.3 is 9.64 Å². The van der Waals surface area contributed by atoms with Gasteiger partial charge in [0.15, 0.2) is 10.9 Å². The number of amides is 2. The van der Waals surface area contributed by atoms with Gasteiger partial charge in [0.25, 0.3) is 11.8 Å². The Morgan fingerprint density at radius 1 is 1.00 bits per heavy atom. The summed E-state index contributed by atoms with van der Waals surface area (Å²) in [5.41, 5.74) is 6.84. The van der Waals surface area contributed by atoms with Crippen molar-refractivity contribution in [1.29, 1.82) is 0 Å². The molecule has 2 heterocycles. The van der Waals surface area contributed by atoms with Crippen molar-refractivity contribution >= 4 is 50.8 Å². The van der Waals surface area contributed by atoms with Gasteiger partial charge in [-0.1, -0.05) is 36.0 Å². The summed E-state index contributed by atoms with van der Waals surface area (Å²) in [6.07, 6.45) is 2.12. The van der Waals surface area contributed by atoms with Gasteiger partial charge >= 0.3 is 0 Å². The highest BCUT2D eigenvalue weighted by molar-refractivity contribution is 8.00. The number of thioether (sulfide) groups is 1. The largest absolute Gasteiger partial charge is 0.484 e. The van der Waals surface area contributed by atoms with Gasteiger partial charge in [0.2, 0.25) is 0 Å².